The molecule has 0 aliphatic rings. The average molecular weight is 264 g/mol. The standard InChI is InChI=1S/C14H20N2O3/c1-10(11-8-6-5-7-9-11)12(17)15-16-13(18)19-14(2,3)4/h5-10H,1-4H3,(H,15,17)(H,16,18). The minimum absolute atomic E-state index is 0.294. The van der Waals surface area contributed by atoms with Crippen LogP contribution in [-0.2, 0) is 9.53 Å². The highest BCUT2D eigenvalue weighted by molar-refractivity contribution is 5.84. The number of hydrogen-bond acceptors (Lipinski definition) is 3. The van der Waals surface area contributed by atoms with Crippen LogP contribution < -0.4 is 10.9 Å². The van der Waals surface area contributed by atoms with Crippen LogP contribution in [0.2, 0.25) is 0 Å². The Morgan fingerprint density at radius 1 is 1.11 bits per heavy atom. The predicted molar refractivity (Wildman–Crippen MR) is 72.4 cm³/mol. The van der Waals surface area contributed by atoms with E-state index in [0.29, 0.717) is 0 Å². The first-order valence-electron chi connectivity index (χ1n) is 6.13. The van der Waals surface area contributed by atoms with Gasteiger partial charge in [-0.05, 0) is 33.3 Å². The van der Waals surface area contributed by atoms with Gasteiger partial charge in [-0.1, -0.05) is 30.3 Å². The number of rotatable bonds is 2. The van der Waals surface area contributed by atoms with Crippen molar-refractivity contribution in [1.29, 1.82) is 0 Å². The molecule has 0 saturated heterocycles. The van der Waals surface area contributed by atoms with Crippen molar-refractivity contribution >= 4 is 12.0 Å². The van der Waals surface area contributed by atoms with Gasteiger partial charge in [0, 0.05) is 0 Å². The first kappa shape index (κ1) is 15.0. The van der Waals surface area contributed by atoms with E-state index in [1.807, 2.05) is 30.3 Å². The maximum absolute atomic E-state index is 11.8. The number of hydrogen-bond donors (Lipinski definition) is 2. The van der Waals surface area contributed by atoms with Crippen LogP contribution >= 0.6 is 0 Å². The molecule has 1 unspecified atom stereocenters. The zero-order valence-corrected chi connectivity index (χ0v) is 11.7. The predicted octanol–water partition coefficient (Wildman–Crippen LogP) is 2.35. The monoisotopic (exact) mass is 264 g/mol. The molecule has 0 saturated carbocycles. The number of benzene rings is 1. The Morgan fingerprint density at radius 2 is 1.68 bits per heavy atom. The fourth-order valence-corrected chi connectivity index (χ4v) is 1.42. The van der Waals surface area contributed by atoms with Gasteiger partial charge in [-0.25, -0.2) is 10.2 Å². The topological polar surface area (TPSA) is 67.4 Å². The fourth-order valence-electron chi connectivity index (χ4n) is 1.42. The van der Waals surface area contributed by atoms with Gasteiger partial charge in [-0.2, -0.15) is 0 Å². The van der Waals surface area contributed by atoms with Crippen molar-refractivity contribution in [2.45, 2.75) is 39.2 Å². The van der Waals surface area contributed by atoms with Gasteiger partial charge in [0.1, 0.15) is 5.60 Å². The summed E-state index contributed by atoms with van der Waals surface area (Å²) < 4.78 is 5.01. The molecule has 5 nitrogen and oxygen atoms in total. The van der Waals surface area contributed by atoms with Crippen LogP contribution in [0, 0.1) is 0 Å². The highest BCUT2D eigenvalue weighted by Gasteiger charge is 2.18. The summed E-state index contributed by atoms with van der Waals surface area (Å²) in [7, 11) is 0. The third kappa shape index (κ3) is 5.42. The number of ether oxygens (including phenoxy) is 1. The molecule has 1 atom stereocenters. The number of nitrogens with one attached hydrogen (secondary N) is 2. The summed E-state index contributed by atoms with van der Waals surface area (Å²) in [5, 5.41) is 0. The molecule has 0 aromatic heterocycles. The van der Waals surface area contributed by atoms with E-state index in [2.05, 4.69) is 10.9 Å². The normalized spacial score (nSPS) is 12.4. The summed E-state index contributed by atoms with van der Waals surface area (Å²) in [5.41, 5.74) is 4.85. The lowest BCUT2D eigenvalue weighted by Gasteiger charge is -2.20. The van der Waals surface area contributed by atoms with Crippen LogP contribution in [-0.4, -0.2) is 17.6 Å². The summed E-state index contributed by atoms with van der Waals surface area (Å²) in [6, 6.07) is 9.32. The maximum Gasteiger partial charge on any atom is 0.426 e. The number of amides is 2. The molecular weight excluding hydrogens is 244 g/mol. The lowest BCUT2D eigenvalue weighted by Crippen LogP contribution is -2.45. The highest BCUT2D eigenvalue weighted by atomic mass is 16.6. The Kier molecular flexibility index (Phi) is 4.92. The molecule has 0 bridgehead atoms. The molecule has 2 N–H and O–H groups in total. The fraction of sp³-hybridized carbons (Fsp3) is 0.429. The SMILES string of the molecule is CC(C(=O)NNC(=O)OC(C)(C)C)c1ccccc1. The lowest BCUT2D eigenvalue weighted by molar-refractivity contribution is -0.123. The molecule has 1 rings (SSSR count). The Labute approximate surface area is 113 Å². The Bertz CT molecular complexity index is 438. The van der Waals surface area contributed by atoms with Crippen LogP contribution in [0.25, 0.3) is 0 Å². The minimum Gasteiger partial charge on any atom is -0.443 e. The van der Waals surface area contributed by atoms with Gasteiger partial charge >= 0.3 is 6.09 Å². The molecule has 19 heavy (non-hydrogen) atoms. The van der Waals surface area contributed by atoms with Gasteiger partial charge in [0.05, 0.1) is 5.92 Å². The largest absolute Gasteiger partial charge is 0.443 e. The summed E-state index contributed by atoms with van der Waals surface area (Å²) in [5.74, 6) is -0.645. The molecule has 1 aromatic rings. The number of hydrazine groups is 1. The third-order valence-electron chi connectivity index (χ3n) is 2.38. The first-order chi connectivity index (χ1) is 8.79. The number of carbonyl (C=O) groups is 2. The molecule has 2 amide bonds. The van der Waals surface area contributed by atoms with Gasteiger partial charge in [0.15, 0.2) is 0 Å². The van der Waals surface area contributed by atoms with Gasteiger partial charge in [-0.3, -0.25) is 10.2 Å². The van der Waals surface area contributed by atoms with Crippen molar-refractivity contribution in [3.63, 3.8) is 0 Å². The molecule has 0 aliphatic heterocycles. The van der Waals surface area contributed by atoms with E-state index >= 15 is 0 Å². The minimum atomic E-state index is -0.680. The van der Waals surface area contributed by atoms with Gasteiger partial charge in [0.2, 0.25) is 5.91 Å². The Morgan fingerprint density at radius 3 is 2.21 bits per heavy atom. The average Bonchev–Trinajstić information content (AvgIpc) is 2.34. The molecule has 1 aromatic carbocycles. The first-order valence-corrected chi connectivity index (χ1v) is 6.13. The van der Waals surface area contributed by atoms with E-state index in [1.54, 1.807) is 27.7 Å². The maximum atomic E-state index is 11.8. The van der Waals surface area contributed by atoms with Crippen molar-refractivity contribution in [3.05, 3.63) is 35.9 Å². The van der Waals surface area contributed by atoms with Gasteiger partial charge < -0.3 is 4.74 Å². The van der Waals surface area contributed by atoms with Gasteiger partial charge in [0.25, 0.3) is 0 Å². The Balaban J connectivity index is 2.46. The van der Waals surface area contributed by atoms with Crippen LogP contribution in [0.3, 0.4) is 0 Å². The molecular formula is C14H20N2O3. The quantitative estimate of drug-likeness (QED) is 0.806. The summed E-state index contributed by atoms with van der Waals surface area (Å²) >= 11 is 0. The smallest absolute Gasteiger partial charge is 0.426 e. The van der Waals surface area contributed by atoms with Crippen LogP contribution in [0.5, 0.6) is 0 Å². The lowest BCUT2D eigenvalue weighted by atomic mass is 10.0. The van der Waals surface area contributed by atoms with E-state index in [0.717, 1.165) is 5.56 Å². The van der Waals surface area contributed by atoms with Crippen molar-refractivity contribution in [1.82, 2.24) is 10.9 Å². The molecule has 0 radical (unpaired) electrons. The van der Waals surface area contributed by atoms with Crippen molar-refractivity contribution < 1.29 is 14.3 Å². The van der Waals surface area contributed by atoms with E-state index in [9.17, 15) is 9.59 Å². The van der Waals surface area contributed by atoms with E-state index in [1.165, 1.54) is 0 Å². The summed E-state index contributed by atoms with van der Waals surface area (Å²) in [6.45, 7) is 7.02. The van der Waals surface area contributed by atoms with Crippen molar-refractivity contribution in [2.24, 2.45) is 0 Å². The highest BCUT2D eigenvalue weighted by Crippen LogP contribution is 2.14. The van der Waals surface area contributed by atoms with Crippen LogP contribution in [0.15, 0.2) is 30.3 Å². The number of carbonyl (C=O) groups excluding carboxylic acids is 2. The molecule has 104 valence electrons. The van der Waals surface area contributed by atoms with Gasteiger partial charge in [-0.15, -0.1) is 0 Å². The molecule has 5 heteroatoms. The van der Waals surface area contributed by atoms with Crippen molar-refractivity contribution in [2.75, 3.05) is 0 Å². The van der Waals surface area contributed by atoms with Crippen molar-refractivity contribution in [3.8, 4) is 0 Å². The summed E-state index contributed by atoms with van der Waals surface area (Å²) in [4.78, 5) is 23.2. The molecule has 0 spiro atoms. The second-order valence-electron chi connectivity index (χ2n) is 5.25. The third-order valence-corrected chi connectivity index (χ3v) is 2.38. The second-order valence-corrected chi connectivity index (χ2v) is 5.25. The summed E-state index contributed by atoms with van der Waals surface area (Å²) in [6.07, 6.45) is -0.680. The van der Waals surface area contributed by atoms with E-state index in [-0.39, 0.29) is 11.8 Å². The zero-order chi connectivity index (χ0) is 14.5. The zero-order valence-electron chi connectivity index (χ0n) is 11.7. The van der Waals surface area contributed by atoms with E-state index < -0.39 is 11.7 Å². The van der Waals surface area contributed by atoms with Crippen LogP contribution in [0.1, 0.15) is 39.2 Å². The molecule has 0 aliphatic carbocycles. The van der Waals surface area contributed by atoms with E-state index in [4.69, 9.17) is 4.74 Å². The molecule has 0 heterocycles. The second kappa shape index (κ2) is 6.22. The van der Waals surface area contributed by atoms with Crippen LogP contribution in [0.4, 0.5) is 4.79 Å². The molecule has 0 fully saturated rings. The Hall–Kier alpha value is -2.04.